The Balaban J connectivity index is 0.978. The summed E-state index contributed by atoms with van der Waals surface area (Å²) < 4.78 is 13.6. The maximum absolute atomic E-state index is 5.59. The summed E-state index contributed by atoms with van der Waals surface area (Å²) in [6.45, 7) is 0. The third-order valence-corrected chi connectivity index (χ3v) is 22.9. The van der Waals surface area contributed by atoms with E-state index < -0.39 is 13.3 Å². The van der Waals surface area contributed by atoms with Gasteiger partial charge in [-0.05, 0) is 29.3 Å². The van der Waals surface area contributed by atoms with Gasteiger partial charge in [-0.3, -0.25) is 0 Å². The van der Waals surface area contributed by atoms with Crippen LogP contribution in [-0.2, 0) is 0 Å². The molecule has 0 fully saturated rings. The molecular formula is C61H46GeN2O. The molecular weight excluding hydrogens is 849 g/mol. The number of ether oxygens (including phenoxy) is 1. The summed E-state index contributed by atoms with van der Waals surface area (Å²) in [5.74, 6) is 0.823. The first-order valence-electron chi connectivity index (χ1n) is 22.2. The van der Waals surface area contributed by atoms with E-state index in [1.54, 1.807) is 7.11 Å². The zero-order chi connectivity index (χ0) is 43.6. The van der Waals surface area contributed by atoms with Crippen molar-refractivity contribution in [3.8, 4) is 33.7 Å². The molecule has 4 heteroatoms. The van der Waals surface area contributed by atoms with Crippen LogP contribution in [-0.4, -0.2) is 24.9 Å². The van der Waals surface area contributed by atoms with Crippen molar-refractivity contribution in [1.82, 2.24) is 4.57 Å². The summed E-state index contributed by atoms with van der Waals surface area (Å²) >= 11 is -3.36. The molecule has 1 heterocycles. The predicted octanol–water partition coefficient (Wildman–Crippen LogP) is 13.0. The second-order valence-corrected chi connectivity index (χ2v) is 24.5. The molecule has 1 aromatic heterocycles. The van der Waals surface area contributed by atoms with Crippen molar-refractivity contribution in [3.63, 3.8) is 0 Å². The number of hydrogen-bond donors (Lipinski definition) is 0. The van der Waals surface area contributed by atoms with Crippen molar-refractivity contribution >= 4 is 69.7 Å². The van der Waals surface area contributed by atoms with Gasteiger partial charge >= 0.3 is 251 Å². The Morgan fingerprint density at radius 2 is 0.738 bits per heavy atom. The van der Waals surface area contributed by atoms with Crippen molar-refractivity contribution in [2.75, 3.05) is 12.0 Å². The summed E-state index contributed by atoms with van der Waals surface area (Å²) in [6.07, 6.45) is 0. The third-order valence-electron chi connectivity index (χ3n) is 12.9. The molecule has 0 atom stereocenters. The zero-order valence-electron chi connectivity index (χ0n) is 36.1. The standard InChI is InChI=1S/C61H46GeN2O/c1-65-57-41-38-54(39-42-57)63(56-40-43-61-59(44-56)58-24-14-15-25-60(58)64(61)55-36-30-47(31-37-55)45-16-6-2-7-17-45)53-34-28-48(29-35-53)46-26-32-52(33-27-46)62(49-18-8-3-9-19-49,50-20-10-4-11-21-50)51-22-12-5-13-23-51/h2-44H,1H3. The van der Waals surface area contributed by atoms with Crippen LogP contribution in [0.3, 0.4) is 0 Å². The normalized spacial score (nSPS) is 11.5. The van der Waals surface area contributed by atoms with Crippen LogP contribution in [0.1, 0.15) is 0 Å². The fraction of sp³-hybridized carbons (Fsp3) is 0.0164. The number of hydrogen-bond acceptors (Lipinski definition) is 2. The average Bonchev–Trinajstić information content (AvgIpc) is 3.72. The molecule has 0 saturated heterocycles. The van der Waals surface area contributed by atoms with Crippen LogP contribution in [0.4, 0.5) is 17.1 Å². The summed E-state index contributed by atoms with van der Waals surface area (Å²) in [7, 11) is 1.71. The Morgan fingerprint density at radius 1 is 0.338 bits per heavy atom. The Bertz CT molecular complexity index is 3260. The van der Waals surface area contributed by atoms with Gasteiger partial charge in [0.05, 0.1) is 18.1 Å². The molecule has 0 aliphatic heterocycles. The van der Waals surface area contributed by atoms with Gasteiger partial charge in [-0.1, -0.05) is 60.7 Å². The van der Waals surface area contributed by atoms with Gasteiger partial charge < -0.3 is 9.30 Å². The van der Waals surface area contributed by atoms with E-state index in [9.17, 15) is 0 Å². The quantitative estimate of drug-likeness (QED) is 0.120. The molecule has 0 radical (unpaired) electrons. The molecule has 11 aromatic rings. The van der Waals surface area contributed by atoms with Gasteiger partial charge in [0.2, 0.25) is 0 Å². The zero-order valence-corrected chi connectivity index (χ0v) is 38.2. The van der Waals surface area contributed by atoms with Gasteiger partial charge in [0.1, 0.15) is 5.75 Å². The van der Waals surface area contributed by atoms with Gasteiger partial charge in [0.15, 0.2) is 0 Å². The van der Waals surface area contributed by atoms with Crippen molar-refractivity contribution in [3.05, 3.63) is 261 Å². The van der Waals surface area contributed by atoms with Gasteiger partial charge in [0.25, 0.3) is 0 Å². The monoisotopic (exact) mass is 896 g/mol. The molecule has 0 aliphatic rings. The number of benzene rings is 10. The molecule has 0 unspecified atom stereocenters. The average molecular weight is 896 g/mol. The molecule has 11 rings (SSSR count). The van der Waals surface area contributed by atoms with Crippen LogP contribution < -0.4 is 27.2 Å². The fourth-order valence-electron chi connectivity index (χ4n) is 9.77. The first kappa shape index (κ1) is 40.0. The van der Waals surface area contributed by atoms with Crippen molar-refractivity contribution < 1.29 is 4.74 Å². The summed E-state index contributed by atoms with van der Waals surface area (Å²) in [6, 6.07) is 95.3. The predicted molar refractivity (Wildman–Crippen MR) is 277 cm³/mol. The van der Waals surface area contributed by atoms with Gasteiger partial charge in [-0.25, -0.2) is 0 Å². The minimum absolute atomic E-state index is 0.823. The molecule has 0 bridgehead atoms. The minimum atomic E-state index is -3.36. The van der Waals surface area contributed by atoms with Gasteiger partial charge in [0, 0.05) is 11.1 Å². The molecule has 0 saturated carbocycles. The molecule has 0 aliphatic carbocycles. The number of rotatable bonds is 11. The second-order valence-electron chi connectivity index (χ2n) is 16.5. The van der Waals surface area contributed by atoms with E-state index in [1.165, 1.54) is 56.1 Å². The van der Waals surface area contributed by atoms with E-state index >= 15 is 0 Å². The number of fused-ring (bicyclic) bond motifs is 3. The second kappa shape index (κ2) is 17.4. The van der Waals surface area contributed by atoms with Crippen LogP contribution in [0.25, 0.3) is 49.7 Å². The molecule has 0 N–H and O–H groups in total. The van der Waals surface area contributed by atoms with Crippen LogP contribution >= 0.6 is 0 Å². The molecule has 310 valence electrons. The van der Waals surface area contributed by atoms with Crippen molar-refractivity contribution in [2.45, 2.75) is 0 Å². The number of aromatic nitrogens is 1. The first-order valence-corrected chi connectivity index (χ1v) is 26.4. The van der Waals surface area contributed by atoms with Gasteiger partial charge in [-0.15, -0.1) is 0 Å². The molecule has 65 heavy (non-hydrogen) atoms. The van der Waals surface area contributed by atoms with E-state index in [1.807, 2.05) is 12.1 Å². The van der Waals surface area contributed by atoms with Crippen LogP contribution in [0, 0.1) is 0 Å². The number of para-hydroxylation sites is 1. The summed E-state index contributed by atoms with van der Waals surface area (Å²) in [4.78, 5) is 2.34. The Labute approximate surface area is 383 Å². The molecule has 10 aromatic carbocycles. The van der Waals surface area contributed by atoms with E-state index in [0.29, 0.717) is 0 Å². The number of nitrogens with zero attached hydrogens (tertiary/aromatic N) is 2. The van der Waals surface area contributed by atoms with Crippen molar-refractivity contribution in [1.29, 1.82) is 0 Å². The molecule has 0 spiro atoms. The van der Waals surface area contributed by atoms with E-state index in [2.05, 4.69) is 258 Å². The van der Waals surface area contributed by atoms with Crippen LogP contribution in [0.2, 0.25) is 0 Å². The molecule has 3 nitrogen and oxygen atoms in total. The topological polar surface area (TPSA) is 17.4 Å². The van der Waals surface area contributed by atoms with E-state index in [-0.39, 0.29) is 0 Å². The van der Waals surface area contributed by atoms with E-state index in [0.717, 1.165) is 34.0 Å². The summed E-state index contributed by atoms with van der Waals surface area (Å²) in [5.41, 5.74) is 11.4. The van der Waals surface area contributed by atoms with Crippen molar-refractivity contribution in [2.24, 2.45) is 0 Å². The Hall–Kier alpha value is -7.86. The molecule has 0 amide bonds. The Kier molecular flexibility index (Phi) is 10.7. The SMILES string of the molecule is COc1ccc(N(c2ccc(-c3cc[c]([Ge]([c]4ccccc4)([c]4ccccc4)[c]4ccccc4)cc3)cc2)c2ccc3c(c2)c2ccccc2n3-c2ccc(-c3ccccc3)cc2)cc1. The maximum atomic E-state index is 5.59. The Morgan fingerprint density at radius 3 is 1.28 bits per heavy atom. The van der Waals surface area contributed by atoms with E-state index in [4.69, 9.17) is 4.74 Å². The van der Waals surface area contributed by atoms with Crippen LogP contribution in [0.5, 0.6) is 5.75 Å². The number of methoxy groups -OCH3 is 1. The number of anilines is 3. The van der Waals surface area contributed by atoms with Gasteiger partial charge in [-0.2, -0.15) is 0 Å². The summed E-state index contributed by atoms with van der Waals surface area (Å²) in [5, 5.41) is 2.41. The fourth-order valence-corrected chi connectivity index (χ4v) is 19.7. The third kappa shape index (κ3) is 7.30. The first-order chi connectivity index (χ1) is 32.2. The van der Waals surface area contributed by atoms with Crippen LogP contribution in [0.15, 0.2) is 261 Å².